The summed E-state index contributed by atoms with van der Waals surface area (Å²) in [6, 6.07) is -0.297. The fraction of sp³-hybridized carbons (Fsp3) is 0.714. The van der Waals surface area contributed by atoms with Crippen molar-refractivity contribution in [1.82, 2.24) is 4.90 Å². The number of amides is 1. The van der Waals surface area contributed by atoms with Crippen molar-refractivity contribution in [3.63, 3.8) is 0 Å². The van der Waals surface area contributed by atoms with Crippen molar-refractivity contribution in [2.24, 2.45) is 5.73 Å². The van der Waals surface area contributed by atoms with Crippen LogP contribution < -0.4 is 5.73 Å². The number of likely N-dealkylation sites (tertiary alicyclic amines) is 1. The molecule has 0 aromatic carbocycles. The molecule has 1 amide bonds. The maximum Gasteiger partial charge on any atom is 0.410 e. The van der Waals surface area contributed by atoms with Gasteiger partial charge in [-0.1, -0.05) is 0 Å². The van der Waals surface area contributed by atoms with E-state index in [0.717, 1.165) is 12.8 Å². The summed E-state index contributed by atoms with van der Waals surface area (Å²) < 4.78 is 10.2. The number of rotatable bonds is 3. The molecule has 1 aliphatic heterocycles. The van der Waals surface area contributed by atoms with Crippen LogP contribution in [0.4, 0.5) is 4.79 Å². The van der Waals surface area contributed by atoms with Crippen LogP contribution in [0.3, 0.4) is 0 Å². The van der Waals surface area contributed by atoms with E-state index in [4.69, 9.17) is 15.2 Å². The number of nitrogens with two attached hydrogens (primary N) is 1. The Morgan fingerprint density at radius 3 is 2.60 bits per heavy atom. The van der Waals surface area contributed by atoms with E-state index in [2.05, 4.69) is 0 Å². The maximum atomic E-state index is 12.1. The molecule has 2 N–H and O–H groups in total. The van der Waals surface area contributed by atoms with Crippen molar-refractivity contribution in [3.05, 3.63) is 11.8 Å². The molecule has 114 valence electrons. The van der Waals surface area contributed by atoms with Gasteiger partial charge in [-0.25, -0.2) is 9.59 Å². The van der Waals surface area contributed by atoms with E-state index in [1.165, 1.54) is 6.08 Å². The highest BCUT2D eigenvalue weighted by Gasteiger charge is 2.33. The Kier molecular flexibility index (Phi) is 5.42. The topological polar surface area (TPSA) is 81.9 Å². The lowest BCUT2D eigenvalue weighted by atomic mass is 10.1. The largest absolute Gasteiger partial charge is 0.463 e. The van der Waals surface area contributed by atoms with Crippen LogP contribution in [0, 0.1) is 0 Å². The first-order chi connectivity index (χ1) is 9.24. The van der Waals surface area contributed by atoms with Gasteiger partial charge >= 0.3 is 12.1 Å². The molecule has 0 spiro atoms. The molecule has 0 aromatic rings. The highest BCUT2D eigenvalue weighted by Crippen LogP contribution is 2.23. The second-order valence-corrected chi connectivity index (χ2v) is 5.73. The lowest BCUT2D eigenvalue weighted by Crippen LogP contribution is -2.42. The predicted octanol–water partition coefficient (Wildman–Crippen LogP) is 1.79. The van der Waals surface area contributed by atoms with Crippen molar-refractivity contribution in [2.75, 3.05) is 13.2 Å². The Hall–Kier alpha value is -1.72. The molecule has 1 heterocycles. The average molecular weight is 284 g/mol. The van der Waals surface area contributed by atoms with Crippen LogP contribution in [0.15, 0.2) is 11.8 Å². The van der Waals surface area contributed by atoms with Crippen LogP contribution in [0.25, 0.3) is 0 Å². The minimum absolute atomic E-state index is 0.295. The zero-order valence-corrected chi connectivity index (χ0v) is 12.6. The van der Waals surface area contributed by atoms with Crippen LogP contribution in [0.5, 0.6) is 0 Å². The van der Waals surface area contributed by atoms with Crippen LogP contribution in [-0.2, 0) is 14.3 Å². The number of carbonyl (C=O) groups excluding carboxylic acids is 2. The lowest BCUT2D eigenvalue weighted by Gasteiger charge is -2.28. The highest BCUT2D eigenvalue weighted by molar-refractivity contribution is 5.83. The Labute approximate surface area is 119 Å². The van der Waals surface area contributed by atoms with E-state index in [0.29, 0.717) is 18.8 Å². The van der Waals surface area contributed by atoms with E-state index in [1.807, 2.05) is 20.8 Å². The summed E-state index contributed by atoms with van der Waals surface area (Å²) in [4.78, 5) is 25.1. The van der Waals surface area contributed by atoms with Gasteiger partial charge in [0.05, 0.1) is 12.6 Å². The fourth-order valence-electron chi connectivity index (χ4n) is 2.07. The minimum Gasteiger partial charge on any atom is -0.463 e. The van der Waals surface area contributed by atoms with E-state index in [-0.39, 0.29) is 6.04 Å². The molecule has 0 saturated carbocycles. The molecule has 1 rings (SSSR count). The van der Waals surface area contributed by atoms with Crippen molar-refractivity contribution in [2.45, 2.75) is 52.2 Å². The normalized spacial score (nSPS) is 19.9. The smallest absolute Gasteiger partial charge is 0.410 e. The zero-order valence-electron chi connectivity index (χ0n) is 12.6. The van der Waals surface area contributed by atoms with E-state index in [1.54, 1.807) is 11.8 Å². The van der Waals surface area contributed by atoms with Crippen LogP contribution >= 0.6 is 0 Å². The van der Waals surface area contributed by atoms with Crippen molar-refractivity contribution in [3.8, 4) is 0 Å². The zero-order chi connectivity index (χ0) is 15.3. The first kappa shape index (κ1) is 16.3. The number of esters is 1. The number of carbonyl (C=O) groups is 2. The molecular weight excluding hydrogens is 260 g/mol. The molecule has 0 aromatic heterocycles. The first-order valence-electron chi connectivity index (χ1n) is 6.88. The van der Waals surface area contributed by atoms with Crippen molar-refractivity contribution < 1.29 is 19.1 Å². The van der Waals surface area contributed by atoms with Gasteiger partial charge in [-0.3, -0.25) is 4.90 Å². The summed E-state index contributed by atoms with van der Waals surface area (Å²) in [5.41, 5.74) is 5.70. The molecule has 1 aliphatic rings. The average Bonchev–Trinajstić information content (AvgIpc) is 2.75. The van der Waals surface area contributed by atoms with Gasteiger partial charge in [0.1, 0.15) is 5.60 Å². The van der Waals surface area contributed by atoms with Crippen LogP contribution in [0.1, 0.15) is 40.5 Å². The number of hydrogen-bond donors (Lipinski definition) is 1. The SMILES string of the molecule is CCOC(=O)/C=C(\N)[C@H]1CCCN1C(=O)OC(C)(C)C. The molecule has 0 radical (unpaired) electrons. The molecule has 6 nitrogen and oxygen atoms in total. The van der Waals surface area contributed by atoms with Gasteiger partial charge in [0.2, 0.25) is 0 Å². The Morgan fingerprint density at radius 1 is 1.40 bits per heavy atom. The highest BCUT2D eigenvalue weighted by atomic mass is 16.6. The first-order valence-corrected chi connectivity index (χ1v) is 6.88. The Bertz CT molecular complexity index is 398. The molecule has 20 heavy (non-hydrogen) atoms. The summed E-state index contributed by atoms with van der Waals surface area (Å²) >= 11 is 0. The van der Waals surface area contributed by atoms with Gasteiger partial charge in [-0.2, -0.15) is 0 Å². The molecule has 1 fully saturated rings. The summed E-state index contributed by atoms with van der Waals surface area (Å²) in [6.07, 6.45) is 2.40. The van der Waals surface area contributed by atoms with E-state index >= 15 is 0 Å². The quantitative estimate of drug-likeness (QED) is 0.631. The maximum absolute atomic E-state index is 12.1. The number of hydrogen-bond acceptors (Lipinski definition) is 5. The van der Waals surface area contributed by atoms with Gasteiger partial charge < -0.3 is 15.2 Å². The monoisotopic (exact) mass is 284 g/mol. The summed E-state index contributed by atoms with van der Waals surface area (Å²) in [5, 5.41) is 0. The summed E-state index contributed by atoms with van der Waals surface area (Å²) in [6.45, 7) is 8.04. The third-order valence-electron chi connectivity index (χ3n) is 2.84. The number of nitrogens with zero attached hydrogens (tertiary/aromatic N) is 1. The van der Waals surface area contributed by atoms with Gasteiger partial charge in [0.25, 0.3) is 0 Å². The third-order valence-corrected chi connectivity index (χ3v) is 2.84. The van der Waals surface area contributed by atoms with E-state index in [9.17, 15) is 9.59 Å². The molecule has 6 heteroatoms. The minimum atomic E-state index is -0.552. The van der Waals surface area contributed by atoms with Gasteiger partial charge in [-0.15, -0.1) is 0 Å². The Balaban J connectivity index is 2.74. The molecule has 0 unspecified atom stereocenters. The molecule has 1 atom stereocenters. The number of ether oxygens (including phenoxy) is 2. The van der Waals surface area contributed by atoms with Gasteiger partial charge in [0.15, 0.2) is 0 Å². The van der Waals surface area contributed by atoms with E-state index < -0.39 is 17.7 Å². The predicted molar refractivity (Wildman–Crippen MR) is 74.9 cm³/mol. The fourth-order valence-corrected chi connectivity index (χ4v) is 2.07. The molecule has 0 bridgehead atoms. The Morgan fingerprint density at radius 2 is 2.05 bits per heavy atom. The van der Waals surface area contributed by atoms with Crippen LogP contribution in [0.2, 0.25) is 0 Å². The summed E-state index contributed by atoms with van der Waals surface area (Å²) in [7, 11) is 0. The van der Waals surface area contributed by atoms with Gasteiger partial charge in [-0.05, 0) is 40.5 Å². The standard InChI is InChI=1S/C14H24N2O4/c1-5-19-12(17)9-10(15)11-7-6-8-16(11)13(18)20-14(2,3)4/h9,11H,5-8,15H2,1-4H3/b10-9-/t11-/m1/s1. The second-order valence-electron chi connectivity index (χ2n) is 5.73. The van der Waals surface area contributed by atoms with Gasteiger partial charge in [0, 0.05) is 18.3 Å². The van der Waals surface area contributed by atoms with Crippen molar-refractivity contribution in [1.29, 1.82) is 0 Å². The van der Waals surface area contributed by atoms with Crippen molar-refractivity contribution >= 4 is 12.1 Å². The molecule has 0 aliphatic carbocycles. The second kappa shape index (κ2) is 6.63. The lowest BCUT2D eigenvalue weighted by molar-refractivity contribution is -0.137. The third kappa shape index (κ3) is 4.75. The van der Waals surface area contributed by atoms with Crippen LogP contribution in [-0.4, -0.2) is 41.8 Å². The molecular formula is C14H24N2O4. The molecule has 1 saturated heterocycles. The summed E-state index contributed by atoms with van der Waals surface area (Å²) in [5.74, 6) is -0.485.